The van der Waals surface area contributed by atoms with Crippen molar-refractivity contribution in [2.24, 2.45) is 0 Å². The summed E-state index contributed by atoms with van der Waals surface area (Å²) in [7, 11) is 1.48. The first kappa shape index (κ1) is 15.3. The lowest BCUT2D eigenvalue weighted by molar-refractivity contribution is -0.385. The molecule has 0 atom stereocenters. The van der Waals surface area contributed by atoms with Crippen molar-refractivity contribution in [2.75, 3.05) is 7.11 Å². The molecule has 0 radical (unpaired) electrons. The molecular weight excluding hydrogens is 338 g/mol. The van der Waals surface area contributed by atoms with E-state index in [0.29, 0.717) is 16.6 Å². The highest BCUT2D eigenvalue weighted by molar-refractivity contribution is 9.08. The number of hydrogen-bond acceptors (Lipinski definition) is 4. The molecule has 0 saturated heterocycles. The van der Waals surface area contributed by atoms with Gasteiger partial charge in [0.15, 0.2) is 0 Å². The second kappa shape index (κ2) is 7.08. The number of nitro groups is 1. The highest BCUT2D eigenvalue weighted by atomic mass is 79.9. The van der Waals surface area contributed by atoms with E-state index in [1.54, 1.807) is 6.07 Å². The second-order valence-corrected chi connectivity index (χ2v) is 4.89. The van der Waals surface area contributed by atoms with Crippen LogP contribution >= 0.6 is 15.9 Å². The van der Waals surface area contributed by atoms with Gasteiger partial charge in [-0.25, -0.2) is 0 Å². The maximum Gasteiger partial charge on any atom is 0.273 e. The van der Waals surface area contributed by atoms with Crippen LogP contribution in [0.5, 0.6) is 11.5 Å². The minimum Gasteiger partial charge on any atom is -0.496 e. The van der Waals surface area contributed by atoms with Crippen LogP contribution in [-0.2, 0) is 11.9 Å². The first-order chi connectivity index (χ1) is 10.1. The summed E-state index contributed by atoms with van der Waals surface area (Å²) in [6.07, 6.45) is 0. The van der Waals surface area contributed by atoms with Gasteiger partial charge in [-0.1, -0.05) is 34.1 Å². The molecule has 110 valence electrons. The fraction of sp³-hybridized carbons (Fsp3) is 0.200. The van der Waals surface area contributed by atoms with Gasteiger partial charge < -0.3 is 9.47 Å². The molecule has 0 N–H and O–H groups in total. The highest BCUT2D eigenvalue weighted by Crippen LogP contribution is 2.25. The van der Waals surface area contributed by atoms with Gasteiger partial charge in [0.05, 0.1) is 18.1 Å². The molecule has 0 unspecified atom stereocenters. The molecule has 0 fully saturated rings. The molecule has 0 amide bonds. The lowest BCUT2D eigenvalue weighted by Crippen LogP contribution is -2.00. The van der Waals surface area contributed by atoms with Crippen molar-refractivity contribution < 1.29 is 14.4 Å². The molecular formula is C15H14BrNO4. The molecule has 5 nitrogen and oxygen atoms in total. The van der Waals surface area contributed by atoms with Gasteiger partial charge in [0.2, 0.25) is 0 Å². The number of para-hydroxylation sites is 1. The van der Waals surface area contributed by atoms with E-state index in [9.17, 15) is 10.1 Å². The molecule has 2 aromatic rings. The van der Waals surface area contributed by atoms with Crippen molar-refractivity contribution in [3.63, 3.8) is 0 Å². The van der Waals surface area contributed by atoms with Crippen LogP contribution in [0, 0.1) is 10.1 Å². The third kappa shape index (κ3) is 3.95. The van der Waals surface area contributed by atoms with Gasteiger partial charge in [0.1, 0.15) is 18.1 Å². The van der Waals surface area contributed by atoms with Crippen molar-refractivity contribution in [3.05, 3.63) is 63.7 Å². The Labute approximate surface area is 130 Å². The maximum absolute atomic E-state index is 10.9. The van der Waals surface area contributed by atoms with Gasteiger partial charge in [0.25, 0.3) is 5.69 Å². The number of ether oxygens (including phenoxy) is 2. The number of non-ortho nitro benzene ring substituents is 1. The Kier molecular flexibility index (Phi) is 5.16. The molecule has 2 rings (SSSR count). The Morgan fingerprint density at radius 2 is 2.00 bits per heavy atom. The van der Waals surface area contributed by atoms with E-state index in [4.69, 9.17) is 9.47 Å². The smallest absolute Gasteiger partial charge is 0.273 e. The summed E-state index contributed by atoms with van der Waals surface area (Å²) < 4.78 is 10.8. The molecule has 0 saturated carbocycles. The Balaban J connectivity index is 2.19. The molecule has 0 aliphatic rings. The van der Waals surface area contributed by atoms with Crippen LogP contribution in [-0.4, -0.2) is 12.0 Å². The molecule has 0 heterocycles. The Hall–Kier alpha value is -2.08. The first-order valence-corrected chi connectivity index (χ1v) is 7.35. The zero-order valence-corrected chi connectivity index (χ0v) is 13.0. The summed E-state index contributed by atoms with van der Waals surface area (Å²) in [6, 6.07) is 12.2. The SMILES string of the molecule is COc1cc(COc2ccccc2CBr)cc([N+](=O)[O-])c1. The predicted octanol–water partition coefficient (Wildman–Crippen LogP) is 4.08. The minimum atomic E-state index is -0.446. The van der Waals surface area contributed by atoms with Crippen molar-refractivity contribution in [2.45, 2.75) is 11.9 Å². The number of alkyl halides is 1. The lowest BCUT2D eigenvalue weighted by Gasteiger charge is -2.10. The number of methoxy groups -OCH3 is 1. The first-order valence-electron chi connectivity index (χ1n) is 6.23. The average Bonchev–Trinajstić information content (AvgIpc) is 2.52. The van der Waals surface area contributed by atoms with Gasteiger partial charge in [-0.3, -0.25) is 10.1 Å². The quantitative estimate of drug-likeness (QED) is 0.447. The van der Waals surface area contributed by atoms with Crippen LogP contribution in [0.2, 0.25) is 0 Å². The fourth-order valence-electron chi connectivity index (χ4n) is 1.87. The number of rotatable bonds is 6. The summed E-state index contributed by atoms with van der Waals surface area (Å²) in [5.41, 5.74) is 1.70. The fourth-order valence-corrected chi connectivity index (χ4v) is 2.33. The molecule has 0 spiro atoms. The van der Waals surface area contributed by atoms with Crippen molar-refractivity contribution >= 4 is 21.6 Å². The molecule has 2 aromatic carbocycles. The van der Waals surface area contributed by atoms with E-state index in [-0.39, 0.29) is 12.3 Å². The van der Waals surface area contributed by atoms with E-state index >= 15 is 0 Å². The summed E-state index contributed by atoms with van der Waals surface area (Å²) in [4.78, 5) is 10.5. The van der Waals surface area contributed by atoms with Gasteiger partial charge >= 0.3 is 0 Å². The Bertz CT molecular complexity index is 645. The lowest BCUT2D eigenvalue weighted by atomic mass is 10.2. The maximum atomic E-state index is 10.9. The average molecular weight is 352 g/mol. The number of halogens is 1. The largest absolute Gasteiger partial charge is 0.496 e. The van der Waals surface area contributed by atoms with Crippen LogP contribution in [0.25, 0.3) is 0 Å². The zero-order valence-electron chi connectivity index (χ0n) is 11.4. The van der Waals surface area contributed by atoms with Gasteiger partial charge in [-0.15, -0.1) is 0 Å². The van der Waals surface area contributed by atoms with Crippen LogP contribution in [0.4, 0.5) is 5.69 Å². The van der Waals surface area contributed by atoms with Crippen LogP contribution < -0.4 is 9.47 Å². The third-order valence-corrected chi connectivity index (χ3v) is 3.51. The highest BCUT2D eigenvalue weighted by Gasteiger charge is 2.11. The van der Waals surface area contributed by atoms with E-state index in [1.807, 2.05) is 24.3 Å². The van der Waals surface area contributed by atoms with E-state index in [1.165, 1.54) is 19.2 Å². The normalized spacial score (nSPS) is 10.2. The monoisotopic (exact) mass is 351 g/mol. The molecule has 0 aliphatic heterocycles. The van der Waals surface area contributed by atoms with Crippen molar-refractivity contribution in [1.82, 2.24) is 0 Å². The molecule has 0 aliphatic carbocycles. The molecule has 21 heavy (non-hydrogen) atoms. The van der Waals surface area contributed by atoms with Crippen LogP contribution in [0.15, 0.2) is 42.5 Å². The third-order valence-electron chi connectivity index (χ3n) is 2.91. The van der Waals surface area contributed by atoms with E-state index in [0.717, 1.165) is 11.3 Å². The summed E-state index contributed by atoms with van der Waals surface area (Å²) >= 11 is 3.40. The van der Waals surface area contributed by atoms with Crippen molar-refractivity contribution in [1.29, 1.82) is 0 Å². The van der Waals surface area contributed by atoms with E-state index < -0.39 is 4.92 Å². The van der Waals surface area contributed by atoms with Crippen LogP contribution in [0.1, 0.15) is 11.1 Å². The predicted molar refractivity (Wildman–Crippen MR) is 83.1 cm³/mol. The molecule has 0 bridgehead atoms. The topological polar surface area (TPSA) is 61.6 Å². The van der Waals surface area contributed by atoms with Crippen molar-refractivity contribution in [3.8, 4) is 11.5 Å². The number of hydrogen-bond donors (Lipinski definition) is 0. The number of nitrogens with zero attached hydrogens (tertiary/aromatic N) is 1. The Morgan fingerprint density at radius 3 is 2.67 bits per heavy atom. The number of nitro benzene ring substituents is 1. The molecule has 6 heteroatoms. The van der Waals surface area contributed by atoms with Gasteiger partial charge in [-0.05, 0) is 17.7 Å². The standard InChI is InChI=1S/C15H14BrNO4/c1-20-14-7-11(6-13(8-14)17(18)19)10-21-15-5-3-2-4-12(15)9-16/h2-8H,9-10H2,1H3. The van der Waals surface area contributed by atoms with Gasteiger partial charge in [-0.2, -0.15) is 0 Å². The summed E-state index contributed by atoms with van der Waals surface area (Å²) in [5, 5.41) is 11.6. The second-order valence-electron chi connectivity index (χ2n) is 4.33. The van der Waals surface area contributed by atoms with Gasteiger partial charge in [0, 0.05) is 17.0 Å². The zero-order chi connectivity index (χ0) is 15.2. The Morgan fingerprint density at radius 1 is 1.24 bits per heavy atom. The summed E-state index contributed by atoms with van der Waals surface area (Å²) in [6.45, 7) is 0.238. The molecule has 0 aromatic heterocycles. The van der Waals surface area contributed by atoms with E-state index in [2.05, 4.69) is 15.9 Å². The number of benzene rings is 2. The summed E-state index contributed by atoms with van der Waals surface area (Å²) in [5.74, 6) is 1.19. The minimum absolute atomic E-state index is 0.0123. The van der Waals surface area contributed by atoms with Crippen LogP contribution in [0.3, 0.4) is 0 Å².